The predicted molar refractivity (Wildman–Crippen MR) is 289 cm³/mol. The highest BCUT2D eigenvalue weighted by atomic mass is 16.6. The molecule has 15 heteroatoms. The number of carbonyl (C=O) groups is 4. The summed E-state index contributed by atoms with van der Waals surface area (Å²) in [4.78, 5) is 61.5. The molecule has 0 aromatic heterocycles. The summed E-state index contributed by atoms with van der Waals surface area (Å²) < 4.78 is 42.3. The van der Waals surface area contributed by atoms with Crippen molar-refractivity contribution < 1.29 is 62.5 Å². The smallest absolute Gasteiger partial charge is 0.329 e. The quantitative estimate of drug-likeness (QED) is 0.0825. The molecule has 1 saturated carbocycles. The number of nitrogens with zero attached hydrogens (tertiary/aromatic N) is 2. The van der Waals surface area contributed by atoms with Gasteiger partial charge in [-0.3, -0.25) is 19.3 Å². The summed E-state index contributed by atoms with van der Waals surface area (Å²) in [6.07, 6.45) is 16.5. The van der Waals surface area contributed by atoms with Crippen molar-refractivity contribution >= 4 is 23.4 Å². The van der Waals surface area contributed by atoms with Crippen molar-refractivity contribution in [3.05, 3.63) is 59.8 Å². The first kappa shape index (κ1) is 62.5. The van der Waals surface area contributed by atoms with Crippen LogP contribution in [-0.2, 0) is 52.3 Å². The number of fused-ring (bicyclic) bond motifs is 3. The number of carbonyl (C=O) groups excluding carboxylic acids is 4. The summed E-state index contributed by atoms with van der Waals surface area (Å²) in [6.45, 7) is 23.1. The number of methoxy groups -OCH3 is 3. The SMILES string of the molecule is C=C1[C@H](C)C[C@H](C)/C=C/C=C/C=C(\C)[C@@H](OC)C[C@@H]2CC[C@@H](C)[C@@](O)(O2)C(=O)C(=O)N2CCCC[C@H]2C(=O)O[C@H]([C@H](C)C[C@@H]2CC[C@@H](OCCCCN3CCOCC3)[C@H](OC)C2)CC(=O)[C@H](C)/C=C(\C)[C@@H](O)[C@H]1OC. The second-order valence-electron chi connectivity index (χ2n) is 22.8. The lowest BCUT2D eigenvalue weighted by molar-refractivity contribution is -0.265. The topological polar surface area (TPSA) is 180 Å². The molecule has 1 aliphatic carbocycles. The van der Waals surface area contributed by atoms with Gasteiger partial charge in [-0.25, -0.2) is 4.79 Å². The van der Waals surface area contributed by atoms with Gasteiger partial charge in [0.25, 0.3) is 11.7 Å². The van der Waals surface area contributed by atoms with Gasteiger partial charge in [0.1, 0.15) is 30.1 Å². The Morgan fingerprint density at radius 1 is 0.840 bits per heavy atom. The average Bonchev–Trinajstić information content (AvgIpc) is 3.40. The molecule has 4 aliphatic heterocycles. The molecule has 15 nitrogen and oxygen atoms in total. The van der Waals surface area contributed by atoms with Gasteiger partial charge in [-0.05, 0) is 138 Å². The maximum Gasteiger partial charge on any atom is 0.329 e. The highest BCUT2D eigenvalue weighted by Crippen LogP contribution is 2.38. The van der Waals surface area contributed by atoms with Crippen LogP contribution in [-0.4, -0.2) is 165 Å². The highest BCUT2D eigenvalue weighted by molar-refractivity contribution is 6.39. The molecule has 1 amide bonds. The Hall–Kier alpha value is -3.38. The molecule has 75 heavy (non-hydrogen) atoms. The van der Waals surface area contributed by atoms with Gasteiger partial charge >= 0.3 is 5.97 Å². The van der Waals surface area contributed by atoms with Crippen LogP contribution in [0.3, 0.4) is 0 Å². The van der Waals surface area contributed by atoms with Gasteiger partial charge in [-0.1, -0.05) is 77.7 Å². The molecule has 2 bridgehead atoms. The number of unbranched alkanes of at least 4 members (excludes halogenated alkanes) is 1. The van der Waals surface area contributed by atoms with Crippen molar-refractivity contribution in [2.24, 2.45) is 35.5 Å². The zero-order valence-electron chi connectivity index (χ0n) is 47.4. The lowest BCUT2D eigenvalue weighted by atomic mass is 9.78. The molecule has 4 heterocycles. The largest absolute Gasteiger partial charge is 0.460 e. The molecule has 3 saturated heterocycles. The van der Waals surface area contributed by atoms with Crippen LogP contribution in [0.15, 0.2) is 59.8 Å². The Balaban J connectivity index is 1.39. The Bertz CT molecular complexity index is 1980. The minimum absolute atomic E-state index is 0.00322. The fraction of sp³-hybridized carbons (Fsp3) is 0.767. The molecule has 424 valence electrons. The van der Waals surface area contributed by atoms with E-state index in [0.717, 1.165) is 82.5 Å². The number of hydrogen-bond donors (Lipinski definition) is 2. The minimum atomic E-state index is -2.41. The molecule has 4 fully saturated rings. The summed E-state index contributed by atoms with van der Waals surface area (Å²) in [6, 6.07) is -1.11. The molecule has 0 aromatic rings. The summed E-state index contributed by atoms with van der Waals surface area (Å²) in [5, 5.41) is 23.8. The van der Waals surface area contributed by atoms with Crippen molar-refractivity contribution in [1.82, 2.24) is 9.80 Å². The Morgan fingerprint density at radius 2 is 1.59 bits per heavy atom. The van der Waals surface area contributed by atoms with Crippen LogP contribution in [0.25, 0.3) is 0 Å². The first-order chi connectivity index (χ1) is 35.8. The third kappa shape index (κ3) is 17.8. The predicted octanol–water partition coefficient (Wildman–Crippen LogP) is 8.30. The Kier molecular flexibility index (Phi) is 25.6. The maximum absolute atomic E-state index is 14.6. The molecule has 15 atom stereocenters. The molecule has 0 spiro atoms. The molecule has 5 aliphatic rings. The van der Waals surface area contributed by atoms with E-state index in [9.17, 15) is 29.4 Å². The van der Waals surface area contributed by atoms with Crippen LogP contribution < -0.4 is 0 Å². The lowest BCUT2D eigenvalue weighted by Gasteiger charge is -2.42. The number of hydrogen-bond acceptors (Lipinski definition) is 14. The van der Waals surface area contributed by atoms with Crippen molar-refractivity contribution in [3.8, 4) is 0 Å². The van der Waals surface area contributed by atoms with E-state index in [4.69, 9.17) is 33.2 Å². The Labute approximate surface area is 449 Å². The number of aliphatic hydroxyl groups excluding tert-OH is 1. The number of amides is 1. The van der Waals surface area contributed by atoms with Crippen molar-refractivity contribution in [2.75, 3.05) is 67.3 Å². The van der Waals surface area contributed by atoms with Crippen LogP contribution in [0.2, 0.25) is 0 Å². The first-order valence-electron chi connectivity index (χ1n) is 28.4. The second-order valence-corrected chi connectivity index (χ2v) is 22.8. The van der Waals surface area contributed by atoms with Gasteiger partial charge in [0.2, 0.25) is 5.79 Å². The molecule has 0 radical (unpaired) electrons. The van der Waals surface area contributed by atoms with Crippen LogP contribution in [0, 0.1) is 35.5 Å². The number of esters is 1. The van der Waals surface area contributed by atoms with Crippen molar-refractivity contribution in [2.45, 2.75) is 193 Å². The van der Waals surface area contributed by atoms with Gasteiger partial charge < -0.3 is 48.3 Å². The Morgan fingerprint density at radius 3 is 2.29 bits per heavy atom. The molecular formula is C60H96N2O13. The number of ether oxygens (including phenoxy) is 7. The molecule has 5 rings (SSSR count). The van der Waals surface area contributed by atoms with E-state index >= 15 is 0 Å². The fourth-order valence-electron chi connectivity index (χ4n) is 11.9. The summed E-state index contributed by atoms with van der Waals surface area (Å²) in [5.41, 5.74) is 2.23. The fourth-order valence-corrected chi connectivity index (χ4v) is 11.9. The number of morpholine rings is 1. The number of Topliss-reactive ketones (excluding diaryl/α,β-unsaturated/α-hetero) is 2. The molecule has 0 unspecified atom stereocenters. The number of piperidine rings is 1. The monoisotopic (exact) mass is 1050 g/mol. The third-order valence-corrected chi connectivity index (χ3v) is 17.0. The number of ketones is 2. The van der Waals surface area contributed by atoms with Gasteiger partial charge in [0.15, 0.2) is 0 Å². The van der Waals surface area contributed by atoms with E-state index < -0.39 is 65.7 Å². The normalized spacial score (nSPS) is 38.1. The highest BCUT2D eigenvalue weighted by Gasteiger charge is 2.53. The van der Waals surface area contributed by atoms with Crippen LogP contribution in [0.4, 0.5) is 0 Å². The number of cyclic esters (lactones) is 1. The number of aliphatic hydroxyl groups is 2. The zero-order chi connectivity index (χ0) is 54.8. The van der Waals surface area contributed by atoms with Crippen molar-refractivity contribution in [1.29, 1.82) is 0 Å². The van der Waals surface area contributed by atoms with E-state index in [1.165, 1.54) is 4.90 Å². The molecular weight excluding hydrogens is 957 g/mol. The van der Waals surface area contributed by atoms with E-state index in [1.54, 1.807) is 48.2 Å². The molecule has 0 aromatic carbocycles. The van der Waals surface area contributed by atoms with Gasteiger partial charge in [-0.2, -0.15) is 0 Å². The van der Waals surface area contributed by atoms with Gasteiger partial charge in [0, 0.05) is 72.2 Å². The van der Waals surface area contributed by atoms with E-state index in [-0.39, 0.29) is 67.2 Å². The van der Waals surface area contributed by atoms with Gasteiger partial charge in [-0.15, -0.1) is 0 Å². The average molecular weight is 1050 g/mol. The van der Waals surface area contributed by atoms with E-state index in [1.807, 2.05) is 38.2 Å². The van der Waals surface area contributed by atoms with Crippen LogP contribution in [0.5, 0.6) is 0 Å². The minimum Gasteiger partial charge on any atom is -0.460 e. The summed E-state index contributed by atoms with van der Waals surface area (Å²) in [5.74, 6) is -6.64. The van der Waals surface area contributed by atoms with Crippen LogP contribution in [0.1, 0.15) is 138 Å². The third-order valence-electron chi connectivity index (χ3n) is 17.0. The maximum atomic E-state index is 14.6. The van der Waals surface area contributed by atoms with E-state index in [0.29, 0.717) is 50.7 Å². The van der Waals surface area contributed by atoms with Crippen LogP contribution >= 0.6 is 0 Å². The number of rotatable bonds is 12. The summed E-state index contributed by atoms with van der Waals surface area (Å²) >= 11 is 0. The van der Waals surface area contributed by atoms with Crippen molar-refractivity contribution in [3.63, 3.8) is 0 Å². The standard InChI is InChI=1S/C60H96N2O13/c1-39-19-13-12-14-20-40(2)52(69-9)37-48-24-22-45(7)60(68,75-48)57(65)58(66)62-27-16-15-21-49(62)59(67)74-53(38-50(63)42(4)34-44(6)55(64)56(71-11)46(8)41(3)33-39)43(5)35-47-23-25-51(54(36-47)70-10)73-30-18-17-26-61-28-31-72-32-29-61/h12-14,19-20,34,39,41-43,45,47-49,51-56,64,68H,8,15-18,21-33,35-38H2,1-7,9-11H3/b14-12+,19-13+,40-20+,44-34+/t39-,41-,42-,43-,45-,47+,48+,49+,51-,52+,53+,54-,55-,56+,60-/m1/s1. The second kappa shape index (κ2) is 30.7. The summed E-state index contributed by atoms with van der Waals surface area (Å²) in [7, 11) is 4.88. The zero-order valence-corrected chi connectivity index (χ0v) is 47.4. The van der Waals surface area contributed by atoms with E-state index in [2.05, 4.69) is 31.4 Å². The first-order valence-corrected chi connectivity index (χ1v) is 28.4. The van der Waals surface area contributed by atoms with Gasteiger partial charge in [0.05, 0.1) is 37.6 Å². The lowest BCUT2D eigenvalue weighted by Crippen LogP contribution is -2.61. The number of allylic oxidation sites excluding steroid dienone is 6. The molecule has 2 N–H and O–H groups in total.